The Bertz CT molecular complexity index is 1670. The zero-order chi connectivity index (χ0) is 31.3. The maximum absolute atomic E-state index is 16.0. The van der Waals surface area contributed by atoms with E-state index in [1.54, 1.807) is 30.3 Å². The summed E-state index contributed by atoms with van der Waals surface area (Å²) in [5.74, 6) is -2.45. The van der Waals surface area contributed by atoms with Crippen molar-refractivity contribution in [3.05, 3.63) is 103 Å². The van der Waals surface area contributed by atoms with Crippen LogP contribution in [-0.4, -0.2) is 59.2 Å². The molecule has 44 heavy (non-hydrogen) atoms. The monoisotopic (exact) mass is 642 g/mol. The van der Waals surface area contributed by atoms with Gasteiger partial charge in [-0.05, 0) is 48.6 Å². The molecule has 3 aromatic carbocycles. The number of nitro groups is 1. The minimum atomic E-state index is -1.46. The molecule has 2 fully saturated rings. The number of nitrogens with zero attached hydrogens (tertiary/aromatic N) is 2. The second-order valence-corrected chi connectivity index (χ2v) is 12.2. The van der Waals surface area contributed by atoms with Crippen molar-refractivity contribution in [3.8, 4) is 0 Å². The summed E-state index contributed by atoms with van der Waals surface area (Å²) in [4.78, 5) is 39.7. The summed E-state index contributed by atoms with van der Waals surface area (Å²) in [6.45, 7) is -0.00396. The number of hydrogen-bond donors (Lipinski definition) is 3. The number of anilines is 1. The van der Waals surface area contributed by atoms with E-state index in [2.05, 4.69) is 10.6 Å². The fourth-order valence-corrected chi connectivity index (χ4v) is 7.22. The summed E-state index contributed by atoms with van der Waals surface area (Å²) >= 11 is 12.6. The van der Waals surface area contributed by atoms with E-state index >= 15 is 4.39 Å². The van der Waals surface area contributed by atoms with Crippen LogP contribution in [0.25, 0.3) is 0 Å². The molecule has 0 unspecified atom stereocenters. The predicted molar refractivity (Wildman–Crippen MR) is 161 cm³/mol. The van der Waals surface area contributed by atoms with Gasteiger partial charge in [0.25, 0.3) is 5.69 Å². The highest BCUT2D eigenvalue weighted by Gasteiger charge is 2.67. The average molecular weight is 643 g/mol. The number of amides is 1. The molecule has 10 nitrogen and oxygen atoms in total. The number of benzene rings is 3. The lowest BCUT2D eigenvalue weighted by molar-refractivity contribution is -0.385. The smallest absolute Gasteiger partial charge is 0.338 e. The molecule has 0 aromatic heterocycles. The van der Waals surface area contributed by atoms with Crippen molar-refractivity contribution in [1.82, 2.24) is 10.2 Å². The van der Waals surface area contributed by atoms with E-state index in [-0.39, 0.29) is 46.5 Å². The van der Waals surface area contributed by atoms with Gasteiger partial charge in [0.2, 0.25) is 5.91 Å². The van der Waals surface area contributed by atoms with Crippen molar-refractivity contribution < 1.29 is 28.7 Å². The molecular formula is C31H29Cl2FN4O6. The molecule has 13 heteroatoms. The van der Waals surface area contributed by atoms with E-state index in [9.17, 15) is 24.8 Å². The number of rotatable bonds is 9. The van der Waals surface area contributed by atoms with Crippen molar-refractivity contribution >= 4 is 46.5 Å². The molecule has 2 aliphatic heterocycles. The average Bonchev–Trinajstić information content (AvgIpc) is 3.73. The molecule has 3 N–H and O–H groups in total. The molecule has 0 radical (unpaired) electrons. The van der Waals surface area contributed by atoms with Gasteiger partial charge in [0, 0.05) is 53.0 Å². The Morgan fingerprint density at radius 3 is 2.68 bits per heavy atom. The van der Waals surface area contributed by atoms with E-state index in [0.717, 1.165) is 18.9 Å². The summed E-state index contributed by atoms with van der Waals surface area (Å²) in [7, 11) is 1.18. The van der Waals surface area contributed by atoms with Gasteiger partial charge in [-0.3, -0.25) is 19.8 Å². The SMILES string of the molecule is COC(=O)c1ccc(CN[C@@H]2[C@H](CO)N(CC3CC3)[C@@]3(C(=O)Nc4cc(Cl)ccc43)[C@H]2c2cccc(Cl)c2F)c([N+](=O)[O-])c1. The minimum Gasteiger partial charge on any atom is -0.465 e. The van der Waals surface area contributed by atoms with Crippen LogP contribution in [-0.2, 0) is 21.6 Å². The summed E-state index contributed by atoms with van der Waals surface area (Å²) in [6, 6.07) is 12.2. The number of aliphatic hydroxyl groups is 1. The molecular weight excluding hydrogens is 614 g/mol. The van der Waals surface area contributed by atoms with Gasteiger partial charge in [0.15, 0.2) is 0 Å². The van der Waals surface area contributed by atoms with Crippen LogP contribution >= 0.6 is 23.2 Å². The van der Waals surface area contributed by atoms with Gasteiger partial charge < -0.3 is 20.5 Å². The molecule has 2 heterocycles. The maximum atomic E-state index is 16.0. The van der Waals surface area contributed by atoms with Crippen molar-refractivity contribution in [1.29, 1.82) is 0 Å². The quantitative estimate of drug-likeness (QED) is 0.169. The number of aliphatic hydroxyl groups excluding tert-OH is 1. The highest BCUT2D eigenvalue weighted by molar-refractivity contribution is 6.31. The van der Waals surface area contributed by atoms with Gasteiger partial charge in [0.1, 0.15) is 11.4 Å². The molecule has 0 bridgehead atoms. The Labute approximate surface area is 262 Å². The Hall–Kier alpha value is -3.61. The predicted octanol–water partition coefficient (Wildman–Crippen LogP) is 5.00. The highest BCUT2D eigenvalue weighted by Crippen LogP contribution is 2.58. The zero-order valence-corrected chi connectivity index (χ0v) is 25.1. The molecule has 230 valence electrons. The first-order valence-corrected chi connectivity index (χ1v) is 14.9. The highest BCUT2D eigenvalue weighted by atomic mass is 35.5. The van der Waals surface area contributed by atoms with Gasteiger partial charge in [-0.25, -0.2) is 9.18 Å². The molecule has 3 aromatic rings. The Kier molecular flexibility index (Phi) is 8.10. The number of carbonyl (C=O) groups excluding carboxylic acids is 2. The molecule has 4 atom stereocenters. The van der Waals surface area contributed by atoms with Crippen molar-refractivity contribution in [3.63, 3.8) is 0 Å². The normalized spacial score (nSPS) is 24.4. The first-order valence-electron chi connectivity index (χ1n) is 14.1. The Morgan fingerprint density at radius 2 is 2.00 bits per heavy atom. The third-order valence-electron chi connectivity index (χ3n) is 8.95. The van der Waals surface area contributed by atoms with Crippen LogP contribution in [0.1, 0.15) is 45.8 Å². The van der Waals surface area contributed by atoms with Gasteiger partial charge in [-0.1, -0.05) is 47.5 Å². The number of nitro benzene ring substituents is 1. The first-order chi connectivity index (χ1) is 21.1. The number of ether oxygens (including phenoxy) is 1. The van der Waals surface area contributed by atoms with Gasteiger partial charge in [-0.15, -0.1) is 0 Å². The number of likely N-dealkylation sites (tertiary alicyclic amines) is 1. The van der Waals surface area contributed by atoms with Crippen LogP contribution < -0.4 is 10.6 Å². The topological polar surface area (TPSA) is 134 Å². The standard InChI is InChI=1S/C31H29Cl2FN4O6/c1-44-29(40)17-7-8-18(24(11-17)38(42)43)13-35-28-25(15-39)37(14-16-5-6-16)31(26(28)20-3-2-4-22(33)27(20)34)21-10-9-19(32)12-23(21)36-30(31)41/h2-4,7-12,16,25-26,28,35,39H,5-6,13-15H2,1H3,(H,36,41)/t25-,26-,28+,31+/m0/s1. The van der Waals surface area contributed by atoms with E-state index in [1.165, 1.54) is 25.3 Å². The lowest BCUT2D eigenvalue weighted by atomic mass is 9.73. The summed E-state index contributed by atoms with van der Waals surface area (Å²) < 4.78 is 20.7. The van der Waals surface area contributed by atoms with Crippen LogP contribution in [0.3, 0.4) is 0 Å². The van der Waals surface area contributed by atoms with Crippen LogP contribution in [0, 0.1) is 21.8 Å². The summed E-state index contributed by atoms with van der Waals surface area (Å²) in [5, 5.41) is 29.5. The number of carbonyl (C=O) groups is 2. The van der Waals surface area contributed by atoms with Crippen LogP contribution in [0.15, 0.2) is 54.6 Å². The van der Waals surface area contributed by atoms with E-state index in [0.29, 0.717) is 22.8 Å². The van der Waals surface area contributed by atoms with Gasteiger partial charge in [-0.2, -0.15) is 0 Å². The number of methoxy groups -OCH3 is 1. The third-order valence-corrected chi connectivity index (χ3v) is 9.48. The van der Waals surface area contributed by atoms with E-state index < -0.39 is 46.2 Å². The molecule has 1 aliphatic carbocycles. The number of fused-ring (bicyclic) bond motifs is 2. The fourth-order valence-electron chi connectivity index (χ4n) is 6.86. The van der Waals surface area contributed by atoms with Crippen molar-refractivity contribution in [2.24, 2.45) is 5.92 Å². The number of esters is 1. The fraction of sp³-hybridized carbons (Fsp3) is 0.355. The number of halogens is 3. The Balaban J connectivity index is 1.51. The second kappa shape index (κ2) is 11.7. The first kappa shape index (κ1) is 30.4. The van der Waals surface area contributed by atoms with E-state index in [1.807, 2.05) is 4.90 Å². The molecule has 1 amide bonds. The largest absolute Gasteiger partial charge is 0.465 e. The zero-order valence-electron chi connectivity index (χ0n) is 23.6. The summed E-state index contributed by atoms with van der Waals surface area (Å²) in [5.41, 5.74) is -0.256. The van der Waals surface area contributed by atoms with Gasteiger partial charge in [0.05, 0.1) is 35.3 Å². The maximum Gasteiger partial charge on any atom is 0.338 e. The molecule has 3 aliphatic rings. The van der Waals surface area contributed by atoms with E-state index in [4.69, 9.17) is 27.9 Å². The lowest BCUT2D eigenvalue weighted by Crippen LogP contribution is -2.53. The minimum absolute atomic E-state index is 0.0170. The lowest BCUT2D eigenvalue weighted by Gasteiger charge is -2.39. The van der Waals surface area contributed by atoms with Crippen LogP contribution in [0.5, 0.6) is 0 Å². The van der Waals surface area contributed by atoms with Crippen molar-refractivity contribution in [2.75, 3.05) is 25.6 Å². The molecule has 1 spiro atoms. The number of hydrogen-bond acceptors (Lipinski definition) is 8. The second-order valence-electron chi connectivity index (χ2n) is 11.4. The number of nitrogens with one attached hydrogen (secondary N) is 2. The van der Waals surface area contributed by atoms with Gasteiger partial charge >= 0.3 is 5.97 Å². The Morgan fingerprint density at radius 1 is 1.23 bits per heavy atom. The van der Waals surface area contributed by atoms with Crippen LogP contribution in [0.4, 0.5) is 15.8 Å². The molecule has 6 rings (SSSR count). The summed E-state index contributed by atoms with van der Waals surface area (Å²) in [6.07, 6.45) is 1.90. The van der Waals surface area contributed by atoms with Crippen LogP contribution in [0.2, 0.25) is 10.0 Å². The third kappa shape index (κ3) is 4.93. The van der Waals surface area contributed by atoms with Crippen molar-refractivity contribution in [2.45, 2.75) is 42.9 Å². The molecule has 1 saturated heterocycles. The molecule has 1 saturated carbocycles.